The van der Waals surface area contributed by atoms with Gasteiger partial charge in [-0.2, -0.15) is 0 Å². The van der Waals surface area contributed by atoms with Gasteiger partial charge in [0.2, 0.25) is 0 Å². The fraction of sp³-hybridized carbons (Fsp3) is 0.286. The summed E-state index contributed by atoms with van der Waals surface area (Å²) in [4.78, 5) is 34.6. The standard InChI is InChI=1S/C28H28N6O4/c1-15-17(5-3-7-19(15)31-25(35)27-33-21-9-11-29-13-23(21)37-27)18-6-4-8-20(16(18)2)32-26(36)28-34-22-10-12-30-14-24(22)38-28/h3-8,29-30H,9-14H2,1-2H3,(H,31,35)(H,32,36). The molecule has 4 heterocycles. The molecule has 0 unspecified atom stereocenters. The number of aromatic nitrogens is 2. The number of anilines is 2. The number of fused-ring (bicyclic) bond motifs is 2. The van der Waals surface area contributed by atoms with Crippen LogP contribution in [0.5, 0.6) is 0 Å². The molecule has 0 saturated carbocycles. The van der Waals surface area contributed by atoms with Crippen molar-refractivity contribution in [2.45, 2.75) is 39.8 Å². The number of oxazole rings is 2. The number of rotatable bonds is 5. The lowest BCUT2D eigenvalue weighted by atomic mass is 9.94. The van der Waals surface area contributed by atoms with E-state index < -0.39 is 0 Å². The molecule has 194 valence electrons. The summed E-state index contributed by atoms with van der Waals surface area (Å²) in [5.74, 6) is 0.773. The zero-order chi connectivity index (χ0) is 26.2. The van der Waals surface area contributed by atoms with Crippen molar-refractivity contribution >= 4 is 23.2 Å². The van der Waals surface area contributed by atoms with Crippen LogP contribution in [0.1, 0.15) is 55.4 Å². The number of carbonyl (C=O) groups excluding carboxylic acids is 2. The Hall–Kier alpha value is -4.28. The fourth-order valence-corrected chi connectivity index (χ4v) is 4.92. The fourth-order valence-electron chi connectivity index (χ4n) is 4.92. The highest BCUT2D eigenvalue weighted by Crippen LogP contribution is 2.34. The van der Waals surface area contributed by atoms with Gasteiger partial charge >= 0.3 is 11.8 Å². The minimum atomic E-state index is -0.388. The molecule has 4 N–H and O–H groups in total. The zero-order valence-corrected chi connectivity index (χ0v) is 21.2. The van der Waals surface area contributed by atoms with E-state index in [9.17, 15) is 9.59 Å². The predicted octanol–water partition coefficient (Wildman–Crippen LogP) is 3.74. The van der Waals surface area contributed by atoms with Crippen LogP contribution in [-0.2, 0) is 25.9 Å². The van der Waals surface area contributed by atoms with Crippen LogP contribution in [-0.4, -0.2) is 34.9 Å². The summed E-state index contributed by atoms with van der Waals surface area (Å²) in [5, 5.41) is 12.3. The largest absolute Gasteiger partial charge is 0.436 e. The van der Waals surface area contributed by atoms with E-state index in [4.69, 9.17) is 8.83 Å². The molecule has 10 heteroatoms. The first-order valence-electron chi connectivity index (χ1n) is 12.7. The third-order valence-corrected chi connectivity index (χ3v) is 7.05. The smallest absolute Gasteiger partial charge is 0.311 e. The maximum Gasteiger partial charge on any atom is 0.311 e. The van der Waals surface area contributed by atoms with Crippen LogP contribution in [0, 0.1) is 13.8 Å². The molecular weight excluding hydrogens is 484 g/mol. The molecule has 2 aromatic carbocycles. The molecule has 2 aromatic heterocycles. The molecule has 2 amide bonds. The lowest BCUT2D eigenvalue weighted by Crippen LogP contribution is -2.22. The number of benzene rings is 2. The Kier molecular flexibility index (Phi) is 6.26. The van der Waals surface area contributed by atoms with E-state index in [1.807, 2.05) is 50.2 Å². The SMILES string of the molecule is Cc1c(NC(=O)c2nc3c(o2)CNCC3)cccc1-c1cccc(NC(=O)c2nc3c(o2)CNCC3)c1C. The Morgan fingerprint density at radius 3 is 1.61 bits per heavy atom. The normalized spacial score (nSPS) is 14.5. The second-order valence-electron chi connectivity index (χ2n) is 9.50. The zero-order valence-electron chi connectivity index (χ0n) is 21.2. The van der Waals surface area contributed by atoms with Crippen LogP contribution in [0.15, 0.2) is 45.2 Å². The summed E-state index contributed by atoms with van der Waals surface area (Å²) in [6.07, 6.45) is 1.48. The van der Waals surface area contributed by atoms with Crippen LogP contribution >= 0.6 is 0 Å². The van der Waals surface area contributed by atoms with E-state index in [0.717, 1.165) is 59.6 Å². The first-order valence-corrected chi connectivity index (χ1v) is 12.7. The van der Waals surface area contributed by atoms with Gasteiger partial charge in [-0.1, -0.05) is 24.3 Å². The second-order valence-corrected chi connectivity index (χ2v) is 9.50. The first kappa shape index (κ1) is 24.1. The van der Waals surface area contributed by atoms with Gasteiger partial charge in [-0.15, -0.1) is 0 Å². The predicted molar refractivity (Wildman–Crippen MR) is 141 cm³/mol. The van der Waals surface area contributed by atoms with Gasteiger partial charge < -0.3 is 30.1 Å². The Morgan fingerprint density at radius 1 is 0.737 bits per heavy atom. The van der Waals surface area contributed by atoms with Crippen molar-refractivity contribution in [1.29, 1.82) is 0 Å². The number of nitrogens with zero attached hydrogens (tertiary/aromatic N) is 2. The molecule has 2 aliphatic rings. The van der Waals surface area contributed by atoms with E-state index in [2.05, 4.69) is 31.2 Å². The number of amides is 2. The summed E-state index contributed by atoms with van der Waals surface area (Å²) in [5.41, 5.74) is 6.63. The highest BCUT2D eigenvalue weighted by molar-refractivity contribution is 6.03. The van der Waals surface area contributed by atoms with Gasteiger partial charge in [0.15, 0.2) is 0 Å². The number of carbonyl (C=O) groups is 2. The minimum absolute atomic E-state index is 0.0633. The van der Waals surface area contributed by atoms with Gasteiger partial charge in [-0.25, -0.2) is 9.97 Å². The highest BCUT2D eigenvalue weighted by Gasteiger charge is 2.23. The third-order valence-electron chi connectivity index (χ3n) is 7.05. The molecule has 38 heavy (non-hydrogen) atoms. The van der Waals surface area contributed by atoms with E-state index in [0.29, 0.717) is 36.0 Å². The molecule has 10 nitrogen and oxygen atoms in total. The Bertz CT molecular complexity index is 1390. The Balaban J connectivity index is 1.23. The van der Waals surface area contributed by atoms with Gasteiger partial charge in [0.1, 0.15) is 11.5 Å². The van der Waals surface area contributed by atoms with E-state index in [-0.39, 0.29) is 23.6 Å². The van der Waals surface area contributed by atoms with Crippen molar-refractivity contribution in [3.05, 3.63) is 82.2 Å². The molecule has 0 saturated heterocycles. The number of hydrogen-bond donors (Lipinski definition) is 4. The van der Waals surface area contributed by atoms with Crippen molar-refractivity contribution < 1.29 is 18.4 Å². The number of nitrogens with one attached hydrogen (secondary N) is 4. The average molecular weight is 513 g/mol. The van der Waals surface area contributed by atoms with Crippen molar-refractivity contribution in [3.63, 3.8) is 0 Å². The number of hydrogen-bond acceptors (Lipinski definition) is 8. The summed E-state index contributed by atoms with van der Waals surface area (Å²) < 4.78 is 11.4. The maximum atomic E-state index is 12.9. The van der Waals surface area contributed by atoms with Gasteiger partial charge in [0, 0.05) is 37.3 Å². The van der Waals surface area contributed by atoms with Gasteiger partial charge in [-0.05, 0) is 48.2 Å². The monoisotopic (exact) mass is 512 g/mol. The van der Waals surface area contributed by atoms with E-state index >= 15 is 0 Å². The molecule has 2 aliphatic heterocycles. The van der Waals surface area contributed by atoms with Crippen molar-refractivity contribution in [3.8, 4) is 11.1 Å². The maximum absolute atomic E-state index is 12.9. The van der Waals surface area contributed by atoms with Gasteiger partial charge in [0.25, 0.3) is 11.8 Å². The lowest BCUT2D eigenvalue weighted by molar-refractivity contribution is 0.0981. The molecular formula is C28H28N6O4. The molecule has 0 atom stereocenters. The van der Waals surface area contributed by atoms with Crippen LogP contribution in [0.2, 0.25) is 0 Å². The first-order chi connectivity index (χ1) is 18.5. The van der Waals surface area contributed by atoms with Gasteiger partial charge in [0.05, 0.1) is 24.5 Å². The van der Waals surface area contributed by atoms with Crippen LogP contribution in [0.3, 0.4) is 0 Å². The molecule has 0 bridgehead atoms. The van der Waals surface area contributed by atoms with Crippen molar-refractivity contribution in [2.24, 2.45) is 0 Å². The van der Waals surface area contributed by atoms with Crippen molar-refractivity contribution in [1.82, 2.24) is 20.6 Å². The Morgan fingerprint density at radius 2 is 1.18 bits per heavy atom. The molecule has 0 aliphatic carbocycles. The quantitative estimate of drug-likeness (QED) is 0.318. The molecule has 0 radical (unpaired) electrons. The molecule has 4 aromatic rings. The summed E-state index contributed by atoms with van der Waals surface area (Å²) in [6.45, 7) is 6.69. The molecule has 0 fully saturated rings. The summed E-state index contributed by atoms with van der Waals surface area (Å²) in [6, 6.07) is 11.5. The second kappa shape index (κ2) is 9.88. The minimum Gasteiger partial charge on any atom is -0.436 e. The van der Waals surface area contributed by atoms with Crippen molar-refractivity contribution in [2.75, 3.05) is 23.7 Å². The Labute approximate surface area is 219 Å². The van der Waals surface area contributed by atoms with Gasteiger partial charge in [-0.3, -0.25) is 9.59 Å². The van der Waals surface area contributed by atoms with Crippen LogP contribution in [0.25, 0.3) is 11.1 Å². The average Bonchev–Trinajstić information content (AvgIpc) is 3.56. The summed E-state index contributed by atoms with van der Waals surface area (Å²) in [7, 11) is 0. The molecule has 6 rings (SSSR count). The highest BCUT2D eigenvalue weighted by atomic mass is 16.4. The lowest BCUT2D eigenvalue weighted by Gasteiger charge is -2.16. The third kappa shape index (κ3) is 4.48. The van der Waals surface area contributed by atoms with E-state index in [1.165, 1.54) is 0 Å². The topological polar surface area (TPSA) is 134 Å². The van der Waals surface area contributed by atoms with Crippen LogP contribution in [0.4, 0.5) is 11.4 Å². The molecule has 0 spiro atoms. The summed E-state index contributed by atoms with van der Waals surface area (Å²) >= 11 is 0. The van der Waals surface area contributed by atoms with E-state index in [1.54, 1.807) is 0 Å². The van der Waals surface area contributed by atoms with Crippen LogP contribution < -0.4 is 21.3 Å².